The van der Waals surface area contributed by atoms with Crippen LogP contribution in [-0.2, 0) is 18.8 Å². The fourth-order valence-electron chi connectivity index (χ4n) is 2.10. The lowest BCUT2D eigenvalue weighted by molar-refractivity contribution is 0.458. The third kappa shape index (κ3) is 3.79. The van der Waals surface area contributed by atoms with Crippen molar-refractivity contribution in [1.29, 1.82) is 0 Å². The second-order valence-corrected chi connectivity index (χ2v) is 6.22. The van der Waals surface area contributed by atoms with Crippen molar-refractivity contribution in [2.75, 3.05) is 0 Å². The first-order chi connectivity index (χ1) is 10.3. The molecule has 1 aliphatic carbocycles. The first kappa shape index (κ1) is 14.5. The van der Waals surface area contributed by atoms with Gasteiger partial charge in [-0.15, -0.1) is 5.10 Å². The van der Waals surface area contributed by atoms with Gasteiger partial charge in [-0.25, -0.2) is 9.89 Å². The van der Waals surface area contributed by atoms with Crippen molar-refractivity contribution in [3.8, 4) is 0 Å². The Kier molecular flexibility index (Phi) is 4.50. The van der Waals surface area contributed by atoms with Gasteiger partial charge in [0, 0.05) is 12.6 Å². The SMILES string of the molecule is CCCn1c(SCc2ccc(CNC3CC3)o2)n[nH]c1=O. The monoisotopic (exact) mass is 308 g/mol. The molecule has 0 radical (unpaired) electrons. The summed E-state index contributed by atoms with van der Waals surface area (Å²) in [5, 5.41) is 10.7. The van der Waals surface area contributed by atoms with Crippen molar-refractivity contribution in [2.45, 2.75) is 56.2 Å². The lowest BCUT2D eigenvalue weighted by Crippen LogP contribution is -2.17. The Hall–Kier alpha value is -1.47. The van der Waals surface area contributed by atoms with Gasteiger partial charge in [-0.1, -0.05) is 18.7 Å². The molecule has 1 fully saturated rings. The number of hydrogen-bond donors (Lipinski definition) is 2. The van der Waals surface area contributed by atoms with Crippen LogP contribution in [0.1, 0.15) is 37.7 Å². The molecule has 2 aromatic heterocycles. The Morgan fingerprint density at radius 1 is 1.48 bits per heavy atom. The first-order valence-electron chi connectivity index (χ1n) is 7.35. The molecule has 0 amide bonds. The van der Waals surface area contributed by atoms with E-state index in [0.717, 1.165) is 29.6 Å². The second-order valence-electron chi connectivity index (χ2n) is 5.27. The number of aromatic nitrogens is 3. The molecule has 0 saturated heterocycles. The van der Waals surface area contributed by atoms with Crippen LogP contribution in [0.15, 0.2) is 26.5 Å². The fourth-order valence-corrected chi connectivity index (χ4v) is 2.96. The maximum Gasteiger partial charge on any atom is 0.343 e. The van der Waals surface area contributed by atoms with E-state index in [1.165, 1.54) is 24.6 Å². The van der Waals surface area contributed by atoms with Crippen LogP contribution in [0.25, 0.3) is 0 Å². The maximum absolute atomic E-state index is 11.6. The third-order valence-corrected chi connectivity index (χ3v) is 4.37. The van der Waals surface area contributed by atoms with Crippen molar-refractivity contribution in [3.63, 3.8) is 0 Å². The third-order valence-electron chi connectivity index (χ3n) is 3.37. The standard InChI is InChI=1S/C14H20N4O2S/c1-2-7-18-13(19)16-17-14(18)21-9-12-6-5-11(20-12)8-15-10-3-4-10/h5-6,10,15H,2-4,7-9H2,1H3,(H,16,19). The van der Waals surface area contributed by atoms with Crippen LogP contribution >= 0.6 is 11.8 Å². The molecule has 21 heavy (non-hydrogen) atoms. The summed E-state index contributed by atoms with van der Waals surface area (Å²) >= 11 is 1.52. The van der Waals surface area contributed by atoms with E-state index in [9.17, 15) is 4.79 Å². The number of rotatable bonds is 8. The minimum atomic E-state index is -0.145. The molecule has 0 bridgehead atoms. The molecule has 6 nitrogen and oxygen atoms in total. The molecule has 114 valence electrons. The number of hydrogen-bond acceptors (Lipinski definition) is 5. The maximum atomic E-state index is 11.6. The summed E-state index contributed by atoms with van der Waals surface area (Å²) in [5.41, 5.74) is -0.145. The van der Waals surface area contributed by atoms with Gasteiger partial charge in [0.15, 0.2) is 5.16 Å². The number of thioether (sulfide) groups is 1. The lowest BCUT2D eigenvalue weighted by atomic mass is 10.4. The van der Waals surface area contributed by atoms with E-state index < -0.39 is 0 Å². The second kappa shape index (κ2) is 6.53. The normalized spacial score (nSPS) is 14.7. The highest BCUT2D eigenvalue weighted by molar-refractivity contribution is 7.98. The molecule has 3 rings (SSSR count). The predicted octanol–water partition coefficient (Wildman–Crippen LogP) is 2.12. The number of nitrogens with one attached hydrogen (secondary N) is 2. The van der Waals surface area contributed by atoms with E-state index in [0.29, 0.717) is 18.3 Å². The zero-order chi connectivity index (χ0) is 14.7. The van der Waals surface area contributed by atoms with Gasteiger partial charge >= 0.3 is 5.69 Å². The van der Waals surface area contributed by atoms with Crippen LogP contribution in [0.4, 0.5) is 0 Å². The molecule has 0 aliphatic heterocycles. The first-order valence-corrected chi connectivity index (χ1v) is 8.34. The van der Waals surface area contributed by atoms with Crippen molar-refractivity contribution in [1.82, 2.24) is 20.1 Å². The van der Waals surface area contributed by atoms with Gasteiger partial charge in [0.25, 0.3) is 0 Å². The van der Waals surface area contributed by atoms with Gasteiger partial charge in [0.1, 0.15) is 11.5 Å². The summed E-state index contributed by atoms with van der Waals surface area (Å²) in [4.78, 5) is 11.6. The smallest absolute Gasteiger partial charge is 0.343 e. The Morgan fingerprint density at radius 3 is 3.05 bits per heavy atom. The van der Waals surface area contributed by atoms with Gasteiger partial charge in [-0.05, 0) is 31.4 Å². The number of H-pyrrole nitrogens is 1. The van der Waals surface area contributed by atoms with E-state index in [1.807, 2.05) is 19.1 Å². The van der Waals surface area contributed by atoms with Crippen molar-refractivity contribution in [2.24, 2.45) is 0 Å². The largest absolute Gasteiger partial charge is 0.464 e. The minimum Gasteiger partial charge on any atom is -0.464 e. The molecule has 0 atom stereocenters. The van der Waals surface area contributed by atoms with Crippen LogP contribution < -0.4 is 11.0 Å². The average molecular weight is 308 g/mol. The molecule has 1 aliphatic rings. The molecule has 0 spiro atoms. The van der Waals surface area contributed by atoms with Crippen LogP contribution in [0.2, 0.25) is 0 Å². The van der Waals surface area contributed by atoms with Crippen molar-refractivity contribution >= 4 is 11.8 Å². The summed E-state index contributed by atoms with van der Waals surface area (Å²) in [5.74, 6) is 2.55. The van der Waals surface area contributed by atoms with Crippen LogP contribution in [-0.4, -0.2) is 20.8 Å². The molecule has 0 aromatic carbocycles. The molecule has 0 unspecified atom stereocenters. The lowest BCUT2D eigenvalue weighted by Gasteiger charge is -2.02. The van der Waals surface area contributed by atoms with Crippen LogP contribution in [0.3, 0.4) is 0 Å². The van der Waals surface area contributed by atoms with E-state index in [4.69, 9.17) is 4.42 Å². The molecular formula is C14H20N4O2S. The topological polar surface area (TPSA) is 75.8 Å². The van der Waals surface area contributed by atoms with Gasteiger partial charge in [0.2, 0.25) is 0 Å². The Balaban J connectivity index is 1.55. The summed E-state index contributed by atoms with van der Waals surface area (Å²) in [6.45, 7) is 3.52. The molecule has 2 N–H and O–H groups in total. The Bertz CT molecular complexity index is 641. The van der Waals surface area contributed by atoms with E-state index in [-0.39, 0.29) is 5.69 Å². The molecular weight excluding hydrogens is 288 g/mol. The number of nitrogens with zero attached hydrogens (tertiary/aromatic N) is 2. The van der Waals surface area contributed by atoms with Crippen molar-refractivity contribution in [3.05, 3.63) is 34.1 Å². The molecule has 2 aromatic rings. The highest BCUT2D eigenvalue weighted by atomic mass is 32.2. The number of aromatic amines is 1. The summed E-state index contributed by atoms with van der Waals surface area (Å²) in [6, 6.07) is 4.68. The Labute approximate surface area is 127 Å². The average Bonchev–Trinajstić information content (AvgIpc) is 3.11. The molecule has 2 heterocycles. The fraction of sp³-hybridized carbons (Fsp3) is 0.571. The van der Waals surface area contributed by atoms with Gasteiger partial charge in [-0.2, -0.15) is 0 Å². The van der Waals surface area contributed by atoms with E-state index in [2.05, 4.69) is 15.5 Å². The zero-order valence-electron chi connectivity index (χ0n) is 12.1. The van der Waals surface area contributed by atoms with Gasteiger partial charge < -0.3 is 9.73 Å². The summed E-state index contributed by atoms with van der Waals surface area (Å²) in [6.07, 6.45) is 3.46. The van der Waals surface area contributed by atoms with Crippen LogP contribution in [0, 0.1) is 0 Å². The van der Waals surface area contributed by atoms with Gasteiger partial charge in [-0.3, -0.25) is 4.57 Å². The summed E-state index contributed by atoms with van der Waals surface area (Å²) in [7, 11) is 0. The van der Waals surface area contributed by atoms with Crippen LogP contribution in [0.5, 0.6) is 0 Å². The van der Waals surface area contributed by atoms with E-state index in [1.54, 1.807) is 4.57 Å². The quantitative estimate of drug-likeness (QED) is 0.731. The Morgan fingerprint density at radius 2 is 2.29 bits per heavy atom. The van der Waals surface area contributed by atoms with E-state index >= 15 is 0 Å². The molecule has 1 saturated carbocycles. The molecule has 7 heteroatoms. The highest BCUT2D eigenvalue weighted by Gasteiger charge is 2.20. The highest BCUT2D eigenvalue weighted by Crippen LogP contribution is 2.23. The van der Waals surface area contributed by atoms with Gasteiger partial charge in [0.05, 0.1) is 12.3 Å². The number of furan rings is 1. The van der Waals surface area contributed by atoms with Crippen molar-refractivity contribution < 1.29 is 4.42 Å². The summed E-state index contributed by atoms with van der Waals surface area (Å²) < 4.78 is 7.45. The predicted molar refractivity (Wildman–Crippen MR) is 81.3 cm³/mol. The zero-order valence-corrected chi connectivity index (χ0v) is 12.9. The minimum absolute atomic E-state index is 0.145.